The van der Waals surface area contributed by atoms with Gasteiger partial charge in [-0.2, -0.15) is 0 Å². The van der Waals surface area contributed by atoms with E-state index in [4.69, 9.17) is 0 Å². The number of piperazine rings is 1. The minimum atomic E-state index is -0.533. The molecule has 1 fully saturated rings. The number of nitro benzene ring substituents is 1. The number of rotatable bonds is 3. The number of amides is 1. The fourth-order valence-electron chi connectivity index (χ4n) is 2.00. The van der Waals surface area contributed by atoms with E-state index in [-0.39, 0.29) is 29.5 Å². The number of anilines is 1. The molecule has 0 aromatic heterocycles. The van der Waals surface area contributed by atoms with Crippen LogP contribution in [0, 0.1) is 10.1 Å². The summed E-state index contributed by atoms with van der Waals surface area (Å²) in [6, 6.07) is 4.31. The molecule has 100 valence electrons. The van der Waals surface area contributed by atoms with Crippen LogP contribution < -0.4 is 10.2 Å². The molecule has 0 aliphatic carbocycles. The molecule has 1 heterocycles. The Bertz CT molecular complexity index is 556. The molecule has 1 aromatic carbocycles. The van der Waals surface area contributed by atoms with Crippen molar-refractivity contribution < 1.29 is 14.5 Å². The Morgan fingerprint density at radius 3 is 2.79 bits per heavy atom. The highest BCUT2D eigenvalue weighted by Crippen LogP contribution is 2.29. The van der Waals surface area contributed by atoms with Crippen LogP contribution in [0.3, 0.4) is 0 Å². The fourth-order valence-corrected chi connectivity index (χ4v) is 2.00. The maximum Gasteiger partial charge on any atom is 0.293 e. The zero-order valence-corrected chi connectivity index (χ0v) is 10.4. The molecule has 0 radical (unpaired) electrons. The van der Waals surface area contributed by atoms with Gasteiger partial charge >= 0.3 is 0 Å². The molecule has 7 nitrogen and oxygen atoms in total. The third-order valence-electron chi connectivity index (χ3n) is 2.96. The maximum atomic E-state index is 11.3. The Hall–Kier alpha value is -2.44. The van der Waals surface area contributed by atoms with E-state index < -0.39 is 4.92 Å². The Morgan fingerprint density at radius 1 is 1.47 bits per heavy atom. The van der Waals surface area contributed by atoms with E-state index >= 15 is 0 Å². The Kier molecular flexibility index (Phi) is 3.46. The van der Waals surface area contributed by atoms with Gasteiger partial charge in [0.05, 0.1) is 11.5 Å². The lowest BCUT2D eigenvalue weighted by Gasteiger charge is -2.28. The van der Waals surface area contributed by atoms with Crippen LogP contribution in [0.4, 0.5) is 11.4 Å². The van der Waals surface area contributed by atoms with Crippen LogP contribution in [0.25, 0.3) is 0 Å². The van der Waals surface area contributed by atoms with Gasteiger partial charge in [0.1, 0.15) is 5.69 Å². The lowest BCUT2D eigenvalue weighted by Crippen LogP contribution is -2.47. The summed E-state index contributed by atoms with van der Waals surface area (Å²) in [5.41, 5.74) is 0.504. The predicted molar refractivity (Wildman–Crippen MR) is 68.3 cm³/mol. The molecule has 1 aliphatic rings. The van der Waals surface area contributed by atoms with Gasteiger partial charge in [-0.05, 0) is 19.1 Å². The lowest BCUT2D eigenvalue weighted by atomic mass is 10.1. The molecular weight excluding hydrogens is 250 g/mol. The van der Waals surface area contributed by atoms with E-state index in [2.05, 4.69) is 5.32 Å². The predicted octanol–water partition coefficient (Wildman–Crippen LogP) is 0.734. The van der Waals surface area contributed by atoms with Crippen molar-refractivity contribution in [3.63, 3.8) is 0 Å². The molecule has 0 bridgehead atoms. The van der Waals surface area contributed by atoms with Crippen LogP contribution in [0.1, 0.15) is 17.3 Å². The standard InChI is InChI=1S/C12H13N3O4/c1-8(16)9-2-3-10(11(6-9)15(18)19)14-5-4-13-12(17)7-14/h2-3,6H,4-5,7H2,1H3,(H,13,17). The number of nitro groups is 1. The molecule has 1 amide bonds. The summed E-state index contributed by atoms with van der Waals surface area (Å²) in [7, 11) is 0. The topological polar surface area (TPSA) is 92.6 Å². The maximum absolute atomic E-state index is 11.3. The third kappa shape index (κ3) is 2.70. The number of hydrogen-bond acceptors (Lipinski definition) is 5. The quantitative estimate of drug-likeness (QED) is 0.493. The van der Waals surface area contributed by atoms with E-state index in [9.17, 15) is 19.7 Å². The molecule has 2 rings (SSSR count). The largest absolute Gasteiger partial charge is 0.355 e. The first-order chi connectivity index (χ1) is 8.99. The average Bonchev–Trinajstić information content (AvgIpc) is 2.37. The van der Waals surface area contributed by atoms with Crippen molar-refractivity contribution in [1.29, 1.82) is 0 Å². The van der Waals surface area contributed by atoms with Crippen LogP contribution >= 0.6 is 0 Å². The van der Waals surface area contributed by atoms with Gasteiger partial charge < -0.3 is 10.2 Å². The smallest absolute Gasteiger partial charge is 0.293 e. The van der Waals surface area contributed by atoms with Crippen LogP contribution in [-0.4, -0.2) is 36.2 Å². The SMILES string of the molecule is CC(=O)c1ccc(N2CCNC(=O)C2)c([N+](=O)[O-])c1. The molecule has 1 aromatic rings. The summed E-state index contributed by atoms with van der Waals surface area (Å²) < 4.78 is 0. The van der Waals surface area contributed by atoms with Gasteiger partial charge in [-0.15, -0.1) is 0 Å². The van der Waals surface area contributed by atoms with Crippen LogP contribution in [0.2, 0.25) is 0 Å². The summed E-state index contributed by atoms with van der Waals surface area (Å²) >= 11 is 0. The van der Waals surface area contributed by atoms with Crippen molar-refractivity contribution >= 4 is 23.1 Å². The number of carbonyl (C=O) groups is 2. The molecule has 0 atom stereocenters. The van der Waals surface area contributed by atoms with Gasteiger partial charge in [0, 0.05) is 24.7 Å². The summed E-state index contributed by atoms with van der Waals surface area (Å²) in [6.45, 7) is 2.39. The van der Waals surface area contributed by atoms with Gasteiger partial charge in [0.25, 0.3) is 5.69 Å². The highest BCUT2D eigenvalue weighted by atomic mass is 16.6. The van der Waals surface area contributed by atoms with Gasteiger partial charge in [0.2, 0.25) is 5.91 Å². The molecule has 1 N–H and O–H groups in total. The number of hydrogen-bond donors (Lipinski definition) is 1. The molecule has 0 saturated carbocycles. The number of nitrogens with zero attached hydrogens (tertiary/aromatic N) is 2. The first-order valence-electron chi connectivity index (χ1n) is 5.80. The van der Waals surface area contributed by atoms with Gasteiger partial charge in [-0.25, -0.2) is 0 Å². The Morgan fingerprint density at radius 2 is 2.21 bits per heavy atom. The second-order valence-electron chi connectivity index (χ2n) is 4.29. The number of nitrogens with one attached hydrogen (secondary N) is 1. The van der Waals surface area contributed by atoms with Crippen molar-refractivity contribution in [2.45, 2.75) is 6.92 Å². The molecule has 1 saturated heterocycles. The number of carbonyl (C=O) groups excluding carboxylic acids is 2. The number of benzene rings is 1. The molecule has 0 unspecified atom stereocenters. The minimum absolute atomic E-state index is 0.0836. The lowest BCUT2D eigenvalue weighted by molar-refractivity contribution is -0.384. The second-order valence-corrected chi connectivity index (χ2v) is 4.29. The van der Waals surface area contributed by atoms with E-state index in [0.29, 0.717) is 18.8 Å². The fraction of sp³-hybridized carbons (Fsp3) is 0.333. The van der Waals surface area contributed by atoms with Crippen molar-refractivity contribution in [3.8, 4) is 0 Å². The zero-order valence-electron chi connectivity index (χ0n) is 10.4. The molecule has 0 spiro atoms. The third-order valence-corrected chi connectivity index (χ3v) is 2.96. The highest BCUT2D eigenvalue weighted by Gasteiger charge is 2.24. The van der Waals surface area contributed by atoms with Crippen molar-refractivity contribution in [2.24, 2.45) is 0 Å². The Balaban J connectivity index is 2.41. The Labute approximate surface area is 109 Å². The van der Waals surface area contributed by atoms with Crippen LogP contribution in [0.5, 0.6) is 0 Å². The second kappa shape index (κ2) is 5.05. The summed E-state index contributed by atoms with van der Waals surface area (Å²) in [5, 5.41) is 13.7. The van der Waals surface area contributed by atoms with E-state index in [0.717, 1.165) is 0 Å². The number of Topliss-reactive ketones (excluding diaryl/α,β-unsaturated/α-hetero) is 1. The highest BCUT2D eigenvalue weighted by molar-refractivity contribution is 5.96. The van der Waals surface area contributed by atoms with Gasteiger partial charge in [-0.3, -0.25) is 19.7 Å². The van der Waals surface area contributed by atoms with Crippen LogP contribution in [0.15, 0.2) is 18.2 Å². The molecular formula is C12H13N3O4. The zero-order chi connectivity index (χ0) is 14.0. The van der Waals surface area contributed by atoms with Crippen molar-refractivity contribution in [3.05, 3.63) is 33.9 Å². The molecule has 19 heavy (non-hydrogen) atoms. The van der Waals surface area contributed by atoms with Crippen molar-refractivity contribution in [1.82, 2.24) is 5.32 Å². The van der Waals surface area contributed by atoms with Crippen LogP contribution in [-0.2, 0) is 4.79 Å². The first-order valence-corrected chi connectivity index (χ1v) is 5.80. The van der Waals surface area contributed by atoms with E-state index in [1.54, 1.807) is 4.90 Å². The summed E-state index contributed by atoms with van der Waals surface area (Å²) in [6.07, 6.45) is 0. The van der Waals surface area contributed by atoms with E-state index in [1.807, 2.05) is 0 Å². The average molecular weight is 263 g/mol. The minimum Gasteiger partial charge on any atom is -0.355 e. The van der Waals surface area contributed by atoms with Gasteiger partial charge in [0.15, 0.2) is 5.78 Å². The first kappa shape index (κ1) is 13.0. The monoisotopic (exact) mass is 263 g/mol. The molecule has 1 aliphatic heterocycles. The normalized spacial score (nSPS) is 15.0. The van der Waals surface area contributed by atoms with Gasteiger partial charge in [-0.1, -0.05) is 0 Å². The summed E-state index contributed by atoms with van der Waals surface area (Å²) in [4.78, 5) is 34.8. The van der Waals surface area contributed by atoms with E-state index in [1.165, 1.54) is 25.1 Å². The summed E-state index contributed by atoms with van der Waals surface area (Å²) in [5.74, 6) is -0.401. The molecule has 7 heteroatoms. The number of ketones is 1. The van der Waals surface area contributed by atoms with Crippen molar-refractivity contribution in [2.75, 3.05) is 24.5 Å².